The highest BCUT2D eigenvalue weighted by Crippen LogP contribution is 2.45. The van der Waals surface area contributed by atoms with Crippen LogP contribution in [0.5, 0.6) is 0 Å². The van der Waals surface area contributed by atoms with E-state index >= 15 is 0 Å². The predicted molar refractivity (Wildman–Crippen MR) is 363 cm³/mol. The maximum Gasteiger partial charge on any atom is 0.472 e. The number of phosphoric ester groups is 2. The van der Waals surface area contributed by atoms with Crippen LogP contribution in [0, 0.1) is 5.92 Å². The molecule has 0 aromatic carbocycles. The molecule has 0 saturated carbocycles. The molecule has 0 bridgehead atoms. The van der Waals surface area contributed by atoms with Gasteiger partial charge in [0.05, 0.1) is 26.4 Å². The summed E-state index contributed by atoms with van der Waals surface area (Å²) in [5, 5.41) is 10.6. The van der Waals surface area contributed by atoms with Gasteiger partial charge in [0.1, 0.15) is 19.3 Å². The van der Waals surface area contributed by atoms with Gasteiger partial charge in [-0.15, -0.1) is 0 Å². The fourth-order valence-corrected chi connectivity index (χ4v) is 12.4. The molecule has 0 rings (SSSR count). The van der Waals surface area contributed by atoms with Gasteiger partial charge in [-0.3, -0.25) is 37.3 Å². The molecule has 17 nitrogen and oxygen atoms in total. The first-order chi connectivity index (χ1) is 43.6. The van der Waals surface area contributed by atoms with Gasteiger partial charge in [-0.25, -0.2) is 9.13 Å². The maximum atomic E-state index is 13.0. The summed E-state index contributed by atoms with van der Waals surface area (Å²) in [7, 11) is -9.90. The highest BCUT2D eigenvalue weighted by molar-refractivity contribution is 7.47. The molecule has 0 aliphatic heterocycles. The van der Waals surface area contributed by atoms with Crippen molar-refractivity contribution < 1.29 is 80.2 Å². The monoisotopic (exact) mass is 1320 g/mol. The fraction of sp³-hybridized carbons (Fsp3) is 0.944. The summed E-state index contributed by atoms with van der Waals surface area (Å²) in [5.74, 6) is -1.35. The zero-order chi connectivity index (χ0) is 66.3. The Morgan fingerprint density at radius 1 is 0.311 bits per heavy atom. The highest BCUT2D eigenvalue weighted by Gasteiger charge is 2.30. The Hall–Kier alpha value is -1.94. The Kier molecular flexibility index (Phi) is 63.0. The van der Waals surface area contributed by atoms with Crippen LogP contribution in [0.15, 0.2) is 0 Å². The Morgan fingerprint density at radius 3 is 0.789 bits per heavy atom. The number of carbonyl (C=O) groups excluding carboxylic acids is 4. The molecule has 0 heterocycles. The zero-order valence-corrected chi connectivity index (χ0v) is 60.1. The lowest BCUT2D eigenvalue weighted by atomic mass is 9.99. The van der Waals surface area contributed by atoms with E-state index in [1.165, 1.54) is 193 Å². The van der Waals surface area contributed by atoms with Gasteiger partial charge in [0.25, 0.3) is 0 Å². The number of aliphatic hydroxyl groups excluding tert-OH is 1. The Bertz CT molecular complexity index is 1740. The number of phosphoric acid groups is 2. The first-order valence-electron chi connectivity index (χ1n) is 37.2. The van der Waals surface area contributed by atoms with Crippen molar-refractivity contribution >= 4 is 39.5 Å². The van der Waals surface area contributed by atoms with Gasteiger partial charge in [-0.05, 0) is 31.6 Å². The second kappa shape index (κ2) is 64.4. The Labute approximate surface area is 549 Å². The number of hydrogen-bond donors (Lipinski definition) is 3. The predicted octanol–water partition coefficient (Wildman–Crippen LogP) is 20.5. The van der Waals surface area contributed by atoms with Crippen LogP contribution in [0.1, 0.15) is 369 Å². The number of carbonyl (C=O) groups is 4. The van der Waals surface area contributed by atoms with Crippen LogP contribution < -0.4 is 0 Å². The van der Waals surface area contributed by atoms with Gasteiger partial charge in [-0.2, -0.15) is 0 Å². The van der Waals surface area contributed by atoms with Gasteiger partial charge in [0.15, 0.2) is 12.2 Å². The van der Waals surface area contributed by atoms with Crippen LogP contribution in [0.2, 0.25) is 0 Å². The van der Waals surface area contributed by atoms with Gasteiger partial charge in [0.2, 0.25) is 0 Å². The lowest BCUT2D eigenvalue weighted by Crippen LogP contribution is -2.30. The third-order valence-corrected chi connectivity index (χ3v) is 18.8. The normalized spacial score (nSPS) is 14.4. The average molecular weight is 1330 g/mol. The van der Waals surface area contributed by atoms with E-state index in [1.54, 1.807) is 0 Å². The number of esters is 4. The van der Waals surface area contributed by atoms with Crippen molar-refractivity contribution in [2.45, 2.75) is 387 Å². The second-order valence-corrected chi connectivity index (χ2v) is 28.8. The van der Waals surface area contributed by atoms with Crippen molar-refractivity contribution in [3.05, 3.63) is 0 Å². The van der Waals surface area contributed by atoms with Crippen LogP contribution in [-0.4, -0.2) is 96.7 Å². The molecule has 0 aliphatic rings. The Morgan fingerprint density at radius 2 is 0.533 bits per heavy atom. The summed E-state index contributed by atoms with van der Waals surface area (Å²) in [4.78, 5) is 72.5. The van der Waals surface area contributed by atoms with E-state index in [2.05, 4.69) is 34.6 Å². The number of ether oxygens (including phenoxy) is 4. The van der Waals surface area contributed by atoms with Crippen molar-refractivity contribution in [1.29, 1.82) is 0 Å². The number of hydrogen-bond acceptors (Lipinski definition) is 15. The van der Waals surface area contributed by atoms with Gasteiger partial charge in [0, 0.05) is 25.7 Å². The van der Waals surface area contributed by atoms with Crippen molar-refractivity contribution in [2.24, 2.45) is 5.92 Å². The van der Waals surface area contributed by atoms with Crippen molar-refractivity contribution in [2.75, 3.05) is 39.6 Å². The summed E-state index contributed by atoms with van der Waals surface area (Å²) in [5.41, 5.74) is 0. The van der Waals surface area contributed by atoms with E-state index in [4.69, 9.17) is 37.0 Å². The Balaban J connectivity index is 5.19. The average Bonchev–Trinajstić information content (AvgIpc) is 3.42. The molecule has 90 heavy (non-hydrogen) atoms. The summed E-state index contributed by atoms with van der Waals surface area (Å²) in [6.45, 7) is 7.23. The van der Waals surface area contributed by atoms with E-state index in [0.717, 1.165) is 95.8 Å². The van der Waals surface area contributed by atoms with E-state index in [0.29, 0.717) is 25.7 Å². The van der Waals surface area contributed by atoms with Crippen LogP contribution in [0.3, 0.4) is 0 Å². The van der Waals surface area contributed by atoms with Gasteiger partial charge >= 0.3 is 39.5 Å². The van der Waals surface area contributed by atoms with Crippen LogP contribution in [0.4, 0.5) is 0 Å². The first kappa shape index (κ1) is 88.1. The third kappa shape index (κ3) is 63.5. The van der Waals surface area contributed by atoms with E-state index in [1.807, 2.05) is 0 Å². The quantitative estimate of drug-likeness (QED) is 0.0222. The largest absolute Gasteiger partial charge is 0.472 e. The van der Waals surface area contributed by atoms with E-state index in [-0.39, 0.29) is 25.7 Å². The second-order valence-electron chi connectivity index (χ2n) is 25.9. The van der Waals surface area contributed by atoms with Crippen molar-refractivity contribution in [3.63, 3.8) is 0 Å². The van der Waals surface area contributed by atoms with Crippen LogP contribution in [-0.2, 0) is 65.4 Å². The minimum Gasteiger partial charge on any atom is -0.462 e. The molecule has 0 aromatic heterocycles. The zero-order valence-electron chi connectivity index (χ0n) is 58.3. The molecule has 3 unspecified atom stereocenters. The molecule has 0 spiro atoms. The standard InChI is InChI=1S/C71H138O17P2/c1-6-10-13-16-19-22-24-25-26-27-28-29-30-31-32-35-42-47-52-57-71(76)88-67(61-82-69(74)55-50-45-40-37-36-38-43-48-53-64(5)9-4)63-86-90(79,80)84-59-65(72)58-83-89(77,78)85-62-66(60-81-68(73)54-49-44-39-33-21-18-15-12-8-3)87-70(75)56-51-46-41-34-23-20-17-14-11-7-2/h64-67,72H,6-63H2,1-5H3,(H,77,78)(H,79,80)/t64?,65-,66+,67+/m0/s1. The topological polar surface area (TPSA) is 237 Å². The lowest BCUT2D eigenvalue weighted by Gasteiger charge is -2.21. The van der Waals surface area contributed by atoms with Gasteiger partial charge < -0.3 is 33.8 Å². The minimum absolute atomic E-state index is 0.107. The summed E-state index contributed by atoms with van der Waals surface area (Å²) in [6, 6.07) is 0. The molecular weight excluding hydrogens is 1190 g/mol. The molecule has 0 fully saturated rings. The van der Waals surface area contributed by atoms with E-state index < -0.39 is 97.5 Å². The van der Waals surface area contributed by atoms with Crippen molar-refractivity contribution in [3.8, 4) is 0 Å². The molecule has 534 valence electrons. The van der Waals surface area contributed by atoms with E-state index in [9.17, 15) is 43.2 Å². The molecule has 3 N–H and O–H groups in total. The number of aliphatic hydroxyl groups is 1. The first-order valence-corrected chi connectivity index (χ1v) is 40.2. The molecular formula is C71H138O17P2. The molecule has 19 heteroatoms. The van der Waals surface area contributed by atoms with Crippen LogP contribution >= 0.6 is 15.6 Å². The molecule has 0 radical (unpaired) electrons. The summed E-state index contributed by atoms with van der Waals surface area (Å²) >= 11 is 0. The summed E-state index contributed by atoms with van der Waals surface area (Å²) in [6.07, 6.45) is 51.3. The SMILES string of the molecule is CCCCCCCCCCCCCCCCCCCCCC(=O)O[C@H](COC(=O)CCCCCCCCCCC(C)CC)COP(=O)(O)OC[C@@H](O)COP(=O)(O)OC[C@@H](COC(=O)CCCCCCCCCCC)OC(=O)CCCCCCCCCCCC. The number of rotatable bonds is 71. The van der Waals surface area contributed by atoms with Crippen LogP contribution in [0.25, 0.3) is 0 Å². The third-order valence-electron chi connectivity index (χ3n) is 16.9. The molecule has 0 aliphatic carbocycles. The lowest BCUT2D eigenvalue weighted by molar-refractivity contribution is -0.161. The van der Waals surface area contributed by atoms with Gasteiger partial charge in [-0.1, -0.05) is 317 Å². The minimum atomic E-state index is -4.95. The molecule has 0 amide bonds. The molecule has 0 saturated heterocycles. The van der Waals surface area contributed by atoms with Crippen molar-refractivity contribution in [1.82, 2.24) is 0 Å². The number of unbranched alkanes of at least 4 members (excludes halogenated alkanes) is 42. The highest BCUT2D eigenvalue weighted by atomic mass is 31.2. The smallest absolute Gasteiger partial charge is 0.462 e. The molecule has 6 atom stereocenters. The summed E-state index contributed by atoms with van der Waals surface area (Å²) < 4.78 is 68.2. The fourth-order valence-electron chi connectivity index (χ4n) is 10.8. The molecule has 0 aromatic rings. The maximum absolute atomic E-state index is 13.0.